The number of aryl methyl sites for hydroxylation is 1. The van der Waals surface area contributed by atoms with Gasteiger partial charge in [-0.25, -0.2) is 0 Å². The minimum absolute atomic E-state index is 0.265. The first-order valence-electron chi connectivity index (χ1n) is 6.70. The first-order valence-corrected chi connectivity index (χ1v) is 6.70. The first-order chi connectivity index (χ1) is 9.17. The van der Waals surface area contributed by atoms with E-state index in [0.717, 1.165) is 41.8 Å². The number of fused-ring (bicyclic) bond motifs is 1. The number of rotatable bonds is 2. The maximum Gasteiger partial charge on any atom is 0.0727 e. The van der Waals surface area contributed by atoms with Crippen LogP contribution in [0.25, 0.3) is 10.9 Å². The second-order valence-corrected chi connectivity index (χ2v) is 5.34. The van der Waals surface area contributed by atoms with Crippen LogP contribution < -0.4 is 10.6 Å². The Labute approximate surface area is 112 Å². The van der Waals surface area contributed by atoms with Crippen molar-refractivity contribution in [1.82, 2.24) is 4.98 Å². The Bertz CT molecular complexity index is 612. The van der Waals surface area contributed by atoms with Crippen molar-refractivity contribution in [2.75, 3.05) is 30.3 Å². The van der Waals surface area contributed by atoms with Crippen LogP contribution in [0.5, 0.6) is 0 Å². The summed E-state index contributed by atoms with van der Waals surface area (Å²) >= 11 is 0. The van der Waals surface area contributed by atoms with Gasteiger partial charge in [0.25, 0.3) is 0 Å². The summed E-state index contributed by atoms with van der Waals surface area (Å²) in [5.74, 6) is 0.379. The van der Waals surface area contributed by atoms with E-state index in [-0.39, 0.29) is 6.61 Å². The van der Waals surface area contributed by atoms with E-state index in [2.05, 4.69) is 16.0 Å². The van der Waals surface area contributed by atoms with Gasteiger partial charge >= 0.3 is 0 Å². The summed E-state index contributed by atoms with van der Waals surface area (Å²) in [5.41, 5.74) is 9.84. The lowest BCUT2D eigenvalue weighted by Gasteiger charge is -2.21. The second kappa shape index (κ2) is 4.70. The monoisotopic (exact) mass is 257 g/mol. The number of benzene rings is 1. The van der Waals surface area contributed by atoms with Crippen LogP contribution in [-0.4, -0.2) is 29.8 Å². The van der Waals surface area contributed by atoms with Crippen molar-refractivity contribution in [2.45, 2.75) is 13.3 Å². The van der Waals surface area contributed by atoms with Crippen LogP contribution in [0.3, 0.4) is 0 Å². The van der Waals surface area contributed by atoms with E-state index >= 15 is 0 Å². The number of pyridine rings is 1. The number of anilines is 2. The number of nitrogen functional groups attached to an aromatic ring is 1. The van der Waals surface area contributed by atoms with Crippen molar-refractivity contribution in [1.29, 1.82) is 0 Å². The van der Waals surface area contributed by atoms with E-state index in [9.17, 15) is 5.11 Å². The molecule has 19 heavy (non-hydrogen) atoms. The van der Waals surface area contributed by atoms with E-state index in [4.69, 9.17) is 5.73 Å². The van der Waals surface area contributed by atoms with Gasteiger partial charge in [-0.3, -0.25) is 4.98 Å². The van der Waals surface area contributed by atoms with Crippen LogP contribution in [-0.2, 0) is 0 Å². The quantitative estimate of drug-likeness (QED) is 0.807. The number of hydrogen-bond acceptors (Lipinski definition) is 4. The van der Waals surface area contributed by atoms with Gasteiger partial charge in [0.2, 0.25) is 0 Å². The Morgan fingerprint density at radius 3 is 3.00 bits per heavy atom. The number of nitrogens with zero attached hydrogens (tertiary/aromatic N) is 2. The van der Waals surface area contributed by atoms with Crippen molar-refractivity contribution in [3.63, 3.8) is 0 Å². The van der Waals surface area contributed by atoms with Crippen molar-refractivity contribution >= 4 is 22.3 Å². The molecule has 0 saturated carbocycles. The Morgan fingerprint density at radius 1 is 1.42 bits per heavy atom. The summed E-state index contributed by atoms with van der Waals surface area (Å²) in [7, 11) is 0. The summed E-state index contributed by atoms with van der Waals surface area (Å²) in [5, 5.41) is 10.4. The molecule has 4 nitrogen and oxygen atoms in total. The maximum atomic E-state index is 9.28. The van der Waals surface area contributed by atoms with E-state index in [1.54, 1.807) is 0 Å². The smallest absolute Gasteiger partial charge is 0.0727 e. The lowest BCUT2D eigenvalue weighted by Crippen LogP contribution is -2.21. The third-order valence-electron chi connectivity index (χ3n) is 3.82. The van der Waals surface area contributed by atoms with E-state index in [1.165, 1.54) is 5.69 Å². The largest absolute Gasteiger partial charge is 0.399 e. The van der Waals surface area contributed by atoms with Gasteiger partial charge in [0.15, 0.2) is 0 Å². The normalized spacial score (nSPS) is 19.3. The number of aliphatic hydroxyl groups excluding tert-OH is 1. The molecule has 1 aromatic carbocycles. The molecule has 1 fully saturated rings. The average Bonchev–Trinajstić information content (AvgIpc) is 2.87. The SMILES string of the molecule is Cc1cc(N2CCC(CO)C2)c2cc(N)ccc2n1. The lowest BCUT2D eigenvalue weighted by atomic mass is 10.1. The first kappa shape index (κ1) is 12.2. The molecule has 1 saturated heterocycles. The van der Waals surface area contributed by atoms with Crippen LogP contribution >= 0.6 is 0 Å². The molecule has 0 spiro atoms. The highest BCUT2D eigenvalue weighted by Gasteiger charge is 2.23. The van der Waals surface area contributed by atoms with Crippen LogP contribution in [0, 0.1) is 12.8 Å². The molecule has 4 heteroatoms. The molecule has 2 aromatic rings. The van der Waals surface area contributed by atoms with Crippen molar-refractivity contribution < 1.29 is 5.11 Å². The summed E-state index contributed by atoms with van der Waals surface area (Å²) in [6.45, 7) is 4.17. The summed E-state index contributed by atoms with van der Waals surface area (Å²) in [6.07, 6.45) is 1.04. The van der Waals surface area contributed by atoms with Gasteiger partial charge in [0.05, 0.1) is 5.52 Å². The van der Waals surface area contributed by atoms with E-state index in [0.29, 0.717) is 5.92 Å². The molecular formula is C15H19N3O. The fourth-order valence-corrected chi connectivity index (χ4v) is 2.82. The zero-order valence-electron chi connectivity index (χ0n) is 11.1. The fourth-order valence-electron chi connectivity index (χ4n) is 2.82. The number of hydrogen-bond donors (Lipinski definition) is 2. The average molecular weight is 257 g/mol. The van der Waals surface area contributed by atoms with E-state index in [1.807, 2.05) is 25.1 Å². The van der Waals surface area contributed by atoms with Crippen molar-refractivity contribution in [2.24, 2.45) is 5.92 Å². The Hall–Kier alpha value is -1.81. The molecule has 2 heterocycles. The summed E-state index contributed by atoms with van der Waals surface area (Å²) < 4.78 is 0. The van der Waals surface area contributed by atoms with Gasteiger partial charge in [0, 0.05) is 48.1 Å². The lowest BCUT2D eigenvalue weighted by molar-refractivity contribution is 0.238. The number of nitrogens with two attached hydrogens (primary N) is 1. The highest BCUT2D eigenvalue weighted by atomic mass is 16.3. The molecule has 1 unspecified atom stereocenters. The van der Waals surface area contributed by atoms with Crippen LogP contribution in [0.2, 0.25) is 0 Å². The molecule has 3 N–H and O–H groups in total. The molecule has 0 aliphatic carbocycles. The highest BCUT2D eigenvalue weighted by Crippen LogP contribution is 2.31. The summed E-state index contributed by atoms with van der Waals surface area (Å²) in [4.78, 5) is 6.89. The number of aromatic nitrogens is 1. The van der Waals surface area contributed by atoms with Gasteiger partial charge in [-0.1, -0.05) is 0 Å². The topological polar surface area (TPSA) is 62.4 Å². The minimum Gasteiger partial charge on any atom is -0.399 e. The second-order valence-electron chi connectivity index (χ2n) is 5.34. The van der Waals surface area contributed by atoms with Crippen LogP contribution in [0.15, 0.2) is 24.3 Å². The molecule has 1 aliphatic heterocycles. The number of aliphatic hydroxyl groups is 1. The predicted octanol–water partition coefficient (Wildman–Crippen LogP) is 1.94. The van der Waals surface area contributed by atoms with Gasteiger partial charge in [-0.15, -0.1) is 0 Å². The van der Waals surface area contributed by atoms with Gasteiger partial charge in [-0.2, -0.15) is 0 Å². The molecule has 0 radical (unpaired) electrons. The molecule has 0 bridgehead atoms. The molecule has 0 amide bonds. The Kier molecular flexibility index (Phi) is 3.03. The van der Waals surface area contributed by atoms with Gasteiger partial charge in [-0.05, 0) is 37.6 Å². The highest BCUT2D eigenvalue weighted by molar-refractivity contribution is 5.94. The van der Waals surface area contributed by atoms with E-state index < -0.39 is 0 Å². The molecular weight excluding hydrogens is 238 g/mol. The standard InChI is InChI=1S/C15H19N3O/c1-10-6-15(18-5-4-11(8-18)9-19)13-7-12(16)2-3-14(13)17-10/h2-3,6-7,11,19H,4-5,8-9,16H2,1H3. The molecule has 3 rings (SSSR count). The minimum atomic E-state index is 0.265. The third-order valence-corrected chi connectivity index (χ3v) is 3.82. The van der Waals surface area contributed by atoms with Crippen molar-refractivity contribution in [3.05, 3.63) is 30.0 Å². The molecule has 1 aliphatic rings. The van der Waals surface area contributed by atoms with Crippen LogP contribution in [0.1, 0.15) is 12.1 Å². The third kappa shape index (κ3) is 2.24. The predicted molar refractivity (Wildman–Crippen MR) is 78.3 cm³/mol. The maximum absolute atomic E-state index is 9.28. The van der Waals surface area contributed by atoms with Crippen LogP contribution in [0.4, 0.5) is 11.4 Å². The van der Waals surface area contributed by atoms with Gasteiger partial charge < -0.3 is 15.7 Å². The molecule has 100 valence electrons. The summed E-state index contributed by atoms with van der Waals surface area (Å²) in [6, 6.07) is 7.96. The Morgan fingerprint density at radius 2 is 2.26 bits per heavy atom. The van der Waals surface area contributed by atoms with Crippen molar-refractivity contribution in [3.8, 4) is 0 Å². The molecule has 1 aromatic heterocycles. The fraction of sp³-hybridized carbons (Fsp3) is 0.400. The van der Waals surface area contributed by atoms with Gasteiger partial charge in [0.1, 0.15) is 0 Å². The zero-order valence-corrected chi connectivity index (χ0v) is 11.1. The Balaban J connectivity index is 2.09. The molecule has 1 atom stereocenters. The zero-order chi connectivity index (χ0) is 13.4.